The van der Waals surface area contributed by atoms with E-state index < -0.39 is 18.5 Å². The van der Waals surface area contributed by atoms with E-state index in [1.165, 1.54) is 0 Å². The van der Waals surface area contributed by atoms with Crippen molar-refractivity contribution in [2.75, 3.05) is 6.61 Å². The molecule has 0 amide bonds. The number of aliphatic hydroxyl groups is 2. The molecule has 0 rings (SSSR count). The van der Waals surface area contributed by atoms with Gasteiger partial charge in [0.1, 0.15) is 0 Å². The Morgan fingerprint density at radius 2 is 1.50 bits per heavy atom. The topological polar surface area (TPSA) is 40.5 Å². The molecular formula is C6H10F4O2. The normalized spacial score (nSPS) is 13.5. The zero-order valence-corrected chi connectivity index (χ0v) is 6.23. The summed E-state index contributed by atoms with van der Waals surface area (Å²) in [6.07, 6.45) is -6.33. The van der Waals surface area contributed by atoms with Gasteiger partial charge in [0.15, 0.2) is 0 Å². The molecule has 0 aliphatic heterocycles. The third-order valence-corrected chi connectivity index (χ3v) is 1.34. The highest BCUT2D eigenvalue weighted by molar-refractivity contribution is 4.74. The van der Waals surface area contributed by atoms with Crippen molar-refractivity contribution in [3.05, 3.63) is 0 Å². The summed E-state index contributed by atoms with van der Waals surface area (Å²) in [4.78, 5) is 0. The van der Waals surface area contributed by atoms with E-state index in [1.54, 1.807) is 0 Å². The highest BCUT2D eigenvalue weighted by atomic mass is 19.3. The molecule has 0 saturated heterocycles. The van der Waals surface area contributed by atoms with Crippen LogP contribution in [0.25, 0.3) is 0 Å². The summed E-state index contributed by atoms with van der Waals surface area (Å²) in [5, 5.41) is 15.9. The number of aliphatic hydroxyl groups excluding tert-OH is 1. The van der Waals surface area contributed by atoms with Crippen molar-refractivity contribution in [2.45, 2.75) is 31.3 Å². The van der Waals surface area contributed by atoms with Gasteiger partial charge in [0, 0.05) is 13.0 Å². The van der Waals surface area contributed by atoms with E-state index in [9.17, 15) is 17.6 Å². The smallest absolute Gasteiger partial charge is 0.396 e. The number of alkyl halides is 4. The molecule has 0 fully saturated rings. The van der Waals surface area contributed by atoms with E-state index >= 15 is 0 Å². The van der Waals surface area contributed by atoms with Crippen LogP contribution in [-0.4, -0.2) is 28.9 Å². The van der Waals surface area contributed by atoms with Gasteiger partial charge in [-0.2, -0.15) is 17.6 Å². The van der Waals surface area contributed by atoms with Crippen LogP contribution in [0, 0.1) is 0 Å². The number of hydrogen-bond acceptors (Lipinski definition) is 2. The number of halogens is 4. The zero-order valence-electron chi connectivity index (χ0n) is 6.23. The Balaban J connectivity index is 3.88. The van der Waals surface area contributed by atoms with Crippen molar-refractivity contribution in [1.82, 2.24) is 0 Å². The molecular weight excluding hydrogens is 180 g/mol. The van der Waals surface area contributed by atoms with Crippen molar-refractivity contribution < 1.29 is 27.8 Å². The van der Waals surface area contributed by atoms with E-state index in [0.29, 0.717) is 0 Å². The summed E-state index contributed by atoms with van der Waals surface area (Å²) in [5.74, 6) is -4.40. The van der Waals surface area contributed by atoms with Crippen molar-refractivity contribution in [2.24, 2.45) is 0 Å². The SMILES string of the molecule is OCCCCC(F)(F)C(O)(F)F. The molecule has 2 N–H and O–H groups in total. The first-order valence-corrected chi connectivity index (χ1v) is 3.40. The van der Waals surface area contributed by atoms with Gasteiger partial charge in [-0.05, 0) is 12.8 Å². The maximum atomic E-state index is 12.2. The molecule has 2 nitrogen and oxygen atoms in total. The lowest BCUT2D eigenvalue weighted by Crippen LogP contribution is -2.40. The summed E-state index contributed by atoms with van der Waals surface area (Å²) >= 11 is 0. The molecule has 0 aliphatic carbocycles. The number of rotatable bonds is 5. The second kappa shape index (κ2) is 4.04. The number of hydrogen-bond donors (Lipinski definition) is 2. The van der Waals surface area contributed by atoms with E-state index in [4.69, 9.17) is 10.2 Å². The standard InChI is InChI=1S/C6H10F4O2/c7-5(8,6(9,10)12)3-1-2-4-11/h11-12H,1-4H2. The van der Waals surface area contributed by atoms with Gasteiger partial charge < -0.3 is 10.2 Å². The summed E-state index contributed by atoms with van der Waals surface area (Å²) in [7, 11) is 0. The Hall–Kier alpha value is -0.360. The van der Waals surface area contributed by atoms with Crippen molar-refractivity contribution in [3.8, 4) is 0 Å². The molecule has 0 aliphatic rings. The lowest BCUT2D eigenvalue weighted by molar-refractivity contribution is -0.327. The minimum absolute atomic E-state index is 0.0195. The molecule has 0 unspecified atom stereocenters. The molecule has 0 bridgehead atoms. The zero-order chi connectivity index (χ0) is 9.83. The maximum Gasteiger partial charge on any atom is 0.416 e. The van der Waals surface area contributed by atoms with Gasteiger partial charge in [-0.3, -0.25) is 0 Å². The third kappa shape index (κ3) is 3.36. The first-order chi connectivity index (χ1) is 5.31. The van der Waals surface area contributed by atoms with Gasteiger partial charge in [0.2, 0.25) is 0 Å². The maximum absolute atomic E-state index is 12.2. The predicted molar refractivity (Wildman–Crippen MR) is 33.0 cm³/mol. The predicted octanol–water partition coefficient (Wildman–Crippen LogP) is 1.37. The Bertz CT molecular complexity index is 132. The van der Waals surface area contributed by atoms with Gasteiger partial charge in [0.25, 0.3) is 0 Å². The van der Waals surface area contributed by atoms with Gasteiger partial charge in [-0.25, -0.2) is 0 Å². The van der Waals surface area contributed by atoms with Crippen molar-refractivity contribution in [3.63, 3.8) is 0 Å². The summed E-state index contributed by atoms with van der Waals surface area (Å²) in [6.45, 7) is -0.326. The van der Waals surface area contributed by atoms with Crippen LogP contribution in [-0.2, 0) is 0 Å². The molecule has 74 valence electrons. The lowest BCUT2D eigenvalue weighted by Gasteiger charge is -2.20. The first-order valence-electron chi connectivity index (χ1n) is 3.40. The molecule has 0 aromatic carbocycles. The highest BCUT2D eigenvalue weighted by Gasteiger charge is 2.54. The van der Waals surface area contributed by atoms with Crippen LogP contribution < -0.4 is 0 Å². The van der Waals surface area contributed by atoms with Crippen molar-refractivity contribution in [1.29, 1.82) is 0 Å². The molecule has 0 aromatic rings. The molecule has 6 heteroatoms. The summed E-state index contributed by atoms with van der Waals surface area (Å²) < 4.78 is 47.7. The van der Waals surface area contributed by atoms with Crippen LogP contribution in [0.2, 0.25) is 0 Å². The highest BCUT2D eigenvalue weighted by Crippen LogP contribution is 2.35. The minimum atomic E-state index is -4.97. The molecule has 0 heterocycles. The van der Waals surface area contributed by atoms with Gasteiger partial charge in [-0.1, -0.05) is 0 Å². The molecule has 0 aromatic heterocycles. The Labute approximate surface area is 66.8 Å². The Kier molecular flexibility index (Phi) is 3.92. The quantitative estimate of drug-likeness (QED) is 0.507. The third-order valence-electron chi connectivity index (χ3n) is 1.34. The minimum Gasteiger partial charge on any atom is -0.396 e. The fourth-order valence-electron chi connectivity index (χ4n) is 0.609. The van der Waals surface area contributed by atoms with Crippen LogP contribution in [0.5, 0.6) is 0 Å². The number of unbranched alkanes of at least 4 members (excludes halogenated alkanes) is 1. The van der Waals surface area contributed by atoms with Gasteiger partial charge in [-0.15, -0.1) is 0 Å². The largest absolute Gasteiger partial charge is 0.416 e. The van der Waals surface area contributed by atoms with E-state index in [1.807, 2.05) is 0 Å². The first kappa shape index (κ1) is 11.6. The van der Waals surface area contributed by atoms with Crippen LogP contribution >= 0.6 is 0 Å². The average molecular weight is 190 g/mol. The fraction of sp³-hybridized carbons (Fsp3) is 1.00. The molecule has 0 atom stereocenters. The summed E-state index contributed by atoms with van der Waals surface area (Å²) in [5.41, 5.74) is 0. The van der Waals surface area contributed by atoms with E-state index in [2.05, 4.69) is 0 Å². The Morgan fingerprint density at radius 1 is 1.00 bits per heavy atom. The van der Waals surface area contributed by atoms with Gasteiger partial charge in [0.05, 0.1) is 0 Å². The fourth-order valence-corrected chi connectivity index (χ4v) is 0.609. The summed E-state index contributed by atoms with van der Waals surface area (Å²) in [6, 6.07) is 0. The Morgan fingerprint density at radius 3 is 1.83 bits per heavy atom. The van der Waals surface area contributed by atoms with E-state index in [0.717, 1.165) is 0 Å². The average Bonchev–Trinajstić information content (AvgIpc) is 1.85. The molecule has 0 spiro atoms. The van der Waals surface area contributed by atoms with Crippen LogP contribution in [0.15, 0.2) is 0 Å². The van der Waals surface area contributed by atoms with E-state index in [-0.39, 0.29) is 19.4 Å². The lowest BCUT2D eigenvalue weighted by atomic mass is 10.1. The van der Waals surface area contributed by atoms with Crippen LogP contribution in [0.4, 0.5) is 17.6 Å². The van der Waals surface area contributed by atoms with Crippen molar-refractivity contribution >= 4 is 0 Å². The monoisotopic (exact) mass is 190 g/mol. The second-order valence-corrected chi connectivity index (χ2v) is 2.43. The van der Waals surface area contributed by atoms with Crippen LogP contribution in [0.3, 0.4) is 0 Å². The molecule has 0 saturated carbocycles. The van der Waals surface area contributed by atoms with Crippen LogP contribution in [0.1, 0.15) is 19.3 Å². The van der Waals surface area contributed by atoms with Gasteiger partial charge >= 0.3 is 12.0 Å². The molecule has 12 heavy (non-hydrogen) atoms. The molecule has 0 radical (unpaired) electrons. The second-order valence-electron chi connectivity index (χ2n) is 2.43.